The molecule has 4 heteroatoms. The highest BCUT2D eigenvalue weighted by atomic mass is 32.1. The molecule has 0 atom stereocenters. The molecule has 0 N–H and O–H groups in total. The molecule has 0 bridgehead atoms. The van der Waals surface area contributed by atoms with Crippen LogP contribution in [0.3, 0.4) is 0 Å². The number of nitrogens with zero attached hydrogens (tertiary/aromatic N) is 1. The summed E-state index contributed by atoms with van der Waals surface area (Å²) in [5.74, 6) is 0.116. The van der Waals surface area contributed by atoms with E-state index in [-0.39, 0.29) is 11.2 Å². The van der Waals surface area contributed by atoms with Gasteiger partial charge in [0.1, 0.15) is 6.54 Å². The van der Waals surface area contributed by atoms with Crippen LogP contribution in [0, 0.1) is 0 Å². The van der Waals surface area contributed by atoms with E-state index < -0.39 is 0 Å². The number of carbonyl (C=O) groups is 1. The van der Waals surface area contributed by atoms with Gasteiger partial charge in [-0.2, -0.15) is 0 Å². The number of ketones is 1. The first-order valence-electron chi connectivity index (χ1n) is 8.87. The summed E-state index contributed by atoms with van der Waals surface area (Å²) < 4.78 is 2.70. The second kappa shape index (κ2) is 7.06. The molecule has 0 saturated heterocycles. The second-order valence-corrected chi connectivity index (χ2v) is 7.59. The predicted octanol–water partition coefficient (Wildman–Crippen LogP) is 4.47. The molecule has 25 heavy (non-hydrogen) atoms. The Kier molecular flexibility index (Phi) is 5.02. The highest BCUT2D eigenvalue weighted by Gasteiger charge is 2.25. The lowest BCUT2D eigenvalue weighted by Crippen LogP contribution is -2.50. The number of benzene rings is 2. The van der Waals surface area contributed by atoms with Crippen LogP contribution >= 0.6 is 11.3 Å². The smallest absolute Gasteiger partial charge is 0.216 e. The maximum absolute atomic E-state index is 12.8. The third-order valence-corrected chi connectivity index (χ3v) is 6.54. The first kappa shape index (κ1) is 17.8. The van der Waals surface area contributed by atoms with E-state index in [0.717, 1.165) is 38.9 Å². The summed E-state index contributed by atoms with van der Waals surface area (Å²) in [7, 11) is 0. The van der Waals surface area contributed by atoms with Crippen LogP contribution in [-0.4, -0.2) is 36.4 Å². The van der Waals surface area contributed by atoms with Gasteiger partial charge in [-0.1, -0.05) is 12.1 Å². The minimum Gasteiger partial charge on any atom is -0.318 e. The molecule has 1 heterocycles. The van der Waals surface area contributed by atoms with Crippen LogP contribution in [0.25, 0.3) is 20.2 Å². The Bertz CT molecular complexity index is 978. The number of fused-ring (bicyclic) bond motifs is 2. The monoisotopic (exact) mass is 354 g/mol. The topological polar surface area (TPSA) is 34.1 Å². The molecule has 0 aliphatic rings. The van der Waals surface area contributed by atoms with Crippen LogP contribution in [0.4, 0.5) is 0 Å². The minimum absolute atomic E-state index is 0.0150. The van der Waals surface area contributed by atoms with Crippen LogP contribution in [0.2, 0.25) is 0 Å². The summed E-state index contributed by atoms with van der Waals surface area (Å²) in [5.41, 5.74) is 0.658. The van der Waals surface area contributed by atoms with Crippen molar-refractivity contribution in [3.8, 4) is 0 Å². The summed E-state index contributed by atoms with van der Waals surface area (Å²) in [5, 5.41) is 1.38. The van der Waals surface area contributed by atoms with Gasteiger partial charge < -0.3 is 4.48 Å². The van der Waals surface area contributed by atoms with E-state index in [2.05, 4.69) is 20.8 Å². The predicted molar refractivity (Wildman–Crippen MR) is 107 cm³/mol. The van der Waals surface area contributed by atoms with Gasteiger partial charge in [0.15, 0.2) is 5.43 Å². The van der Waals surface area contributed by atoms with Gasteiger partial charge in [-0.15, -0.1) is 11.3 Å². The number of hydrogen-bond acceptors (Lipinski definition) is 3. The molecule has 2 aromatic carbocycles. The second-order valence-electron chi connectivity index (χ2n) is 6.51. The van der Waals surface area contributed by atoms with Crippen molar-refractivity contribution >= 4 is 37.3 Å². The molecule has 3 rings (SSSR count). The Morgan fingerprint density at radius 2 is 1.56 bits per heavy atom. The van der Waals surface area contributed by atoms with Crippen molar-refractivity contribution < 1.29 is 9.28 Å². The third-order valence-electron chi connectivity index (χ3n) is 5.39. The van der Waals surface area contributed by atoms with E-state index >= 15 is 0 Å². The number of hydrogen-bond donors (Lipinski definition) is 0. The zero-order chi connectivity index (χ0) is 18.0. The summed E-state index contributed by atoms with van der Waals surface area (Å²) in [6, 6.07) is 13.2. The largest absolute Gasteiger partial charge is 0.318 e. The molecule has 0 unspecified atom stereocenters. The van der Waals surface area contributed by atoms with Gasteiger partial charge in [0.2, 0.25) is 5.78 Å². The standard InChI is InChI=1S/C21H24NO2S/c1-4-22(5-2,6-3)14-18(23)15-11-12-20-17(13-15)21(24)16-9-7-8-10-19(16)25-20/h7-13H,4-6,14H2,1-3H3/q+1. The molecule has 130 valence electrons. The lowest BCUT2D eigenvalue weighted by Gasteiger charge is -2.35. The van der Waals surface area contributed by atoms with Crippen LogP contribution in [0.1, 0.15) is 31.1 Å². The molecular weight excluding hydrogens is 330 g/mol. The van der Waals surface area contributed by atoms with Crippen molar-refractivity contribution in [1.29, 1.82) is 0 Å². The van der Waals surface area contributed by atoms with E-state index in [9.17, 15) is 9.59 Å². The van der Waals surface area contributed by atoms with Gasteiger partial charge in [0.25, 0.3) is 0 Å². The molecular formula is C21H24NO2S+. The van der Waals surface area contributed by atoms with Crippen molar-refractivity contribution in [2.24, 2.45) is 0 Å². The maximum Gasteiger partial charge on any atom is 0.216 e. The molecule has 3 aromatic rings. The molecule has 0 amide bonds. The fourth-order valence-corrected chi connectivity index (χ4v) is 4.43. The van der Waals surface area contributed by atoms with Gasteiger partial charge in [-0.3, -0.25) is 9.59 Å². The Balaban J connectivity index is 2.06. The lowest BCUT2D eigenvalue weighted by molar-refractivity contribution is -0.915. The van der Waals surface area contributed by atoms with Crippen LogP contribution in [-0.2, 0) is 0 Å². The summed E-state index contributed by atoms with van der Waals surface area (Å²) in [6.45, 7) is 9.68. The SMILES string of the molecule is CC[N+](CC)(CC)CC(=O)c1ccc2sc3ccccc3c(=O)c2c1. The van der Waals surface area contributed by atoms with E-state index in [0.29, 0.717) is 17.5 Å². The quantitative estimate of drug-likeness (QED) is 0.372. The normalized spacial score (nSPS) is 12.0. The average molecular weight is 354 g/mol. The molecule has 0 radical (unpaired) electrons. The Morgan fingerprint density at radius 3 is 2.24 bits per heavy atom. The van der Waals surface area contributed by atoms with E-state index in [1.165, 1.54) is 0 Å². The lowest BCUT2D eigenvalue weighted by atomic mass is 10.1. The van der Waals surface area contributed by atoms with Crippen molar-refractivity contribution in [3.63, 3.8) is 0 Å². The number of carbonyl (C=O) groups excluding carboxylic acids is 1. The molecule has 0 spiro atoms. The van der Waals surface area contributed by atoms with Crippen molar-refractivity contribution in [2.75, 3.05) is 26.2 Å². The summed E-state index contributed by atoms with van der Waals surface area (Å²) in [4.78, 5) is 25.6. The fraction of sp³-hybridized carbons (Fsp3) is 0.333. The highest BCUT2D eigenvalue weighted by Crippen LogP contribution is 2.25. The Morgan fingerprint density at radius 1 is 0.920 bits per heavy atom. The van der Waals surface area contributed by atoms with Crippen molar-refractivity contribution in [3.05, 3.63) is 58.3 Å². The van der Waals surface area contributed by atoms with Crippen molar-refractivity contribution in [1.82, 2.24) is 0 Å². The highest BCUT2D eigenvalue weighted by molar-refractivity contribution is 7.24. The molecule has 3 nitrogen and oxygen atoms in total. The molecule has 0 fully saturated rings. The van der Waals surface area contributed by atoms with Gasteiger partial charge in [-0.25, -0.2) is 0 Å². The van der Waals surface area contributed by atoms with E-state index in [1.807, 2.05) is 36.4 Å². The van der Waals surface area contributed by atoms with Gasteiger partial charge in [-0.05, 0) is 51.1 Å². The zero-order valence-corrected chi connectivity index (χ0v) is 15.9. The minimum atomic E-state index is 0.0150. The first-order chi connectivity index (χ1) is 12.0. The maximum atomic E-state index is 12.8. The van der Waals surface area contributed by atoms with Crippen LogP contribution in [0.5, 0.6) is 0 Å². The molecule has 0 aliphatic heterocycles. The summed E-state index contributed by atoms with van der Waals surface area (Å²) in [6.07, 6.45) is 0. The van der Waals surface area contributed by atoms with Gasteiger partial charge in [0.05, 0.1) is 19.6 Å². The summed E-state index contributed by atoms with van der Waals surface area (Å²) >= 11 is 1.60. The number of rotatable bonds is 6. The zero-order valence-electron chi connectivity index (χ0n) is 15.0. The first-order valence-corrected chi connectivity index (χ1v) is 9.69. The van der Waals surface area contributed by atoms with Gasteiger partial charge >= 0.3 is 0 Å². The number of quaternary nitrogens is 1. The van der Waals surface area contributed by atoms with Crippen LogP contribution in [0.15, 0.2) is 47.3 Å². The van der Waals surface area contributed by atoms with Gasteiger partial charge in [0, 0.05) is 25.7 Å². The molecule has 1 aromatic heterocycles. The van der Waals surface area contributed by atoms with Crippen LogP contribution < -0.4 is 5.43 Å². The van der Waals surface area contributed by atoms with E-state index in [4.69, 9.17) is 0 Å². The molecule has 0 aliphatic carbocycles. The third kappa shape index (κ3) is 3.24. The Labute approximate surface area is 152 Å². The number of likely N-dealkylation sites (N-methyl/N-ethyl adjacent to an activating group) is 1. The fourth-order valence-electron chi connectivity index (χ4n) is 3.38. The Hall–Kier alpha value is -2.04. The van der Waals surface area contributed by atoms with Crippen molar-refractivity contribution in [2.45, 2.75) is 20.8 Å². The molecule has 0 saturated carbocycles. The number of Topliss-reactive ketones (excluding diaryl/α,β-unsaturated/α-hetero) is 1. The van der Waals surface area contributed by atoms with E-state index in [1.54, 1.807) is 17.4 Å². The average Bonchev–Trinajstić information content (AvgIpc) is 2.66.